The van der Waals surface area contributed by atoms with Crippen molar-refractivity contribution in [1.29, 1.82) is 0 Å². The number of nitrogens with one attached hydrogen (secondary N) is 2. The predicted octanol–water partition coefficient (Wildman–Crippen LogP) is 2.36. The van der Waals surface area contributed by atoms with Crippen molar-refractivity contribution < 1.29 is 4.79 Å². The van der Waals surface area contributed by atoms with Crippen LogP contribution in [-0.4, -0.2) is 34.8 Å². The fraction of sp³-hybridized carbons (Fsp3) is 0.500. The lowest BCUT2D eigenvalue weighted by atomic mass is 10.2. The molecule has 1 aliphatic heterocycles. The quantitative estimate of drug-likeness (QED) is 0.890. The van der Waals surface area contributed by atoms with Gasteiger partial charge in [0.25, 0.3) is 5.91 Å². The first-order chi connectivity index (χ1) is 10.6. The Morgan fingerprint density at radius 1 is 1.59 bits per heavy atom. The molecular formula is C16H22N4OS. The summed E-state index contributed by atoms with van der Waals surface area (Å²) in [5, 5.41) is 12.6. The van der Waals surface area contributed by atoms with Gasteiger partial charge in [-0.05, 0) is 24.9 Å². The second kappa shape index (κ2) is 6.62. The molecule has 1 aliphatic rings. The highest BCUT2D eigenvalue weighted by atomic mass is 32.1. The Labute approximate surface area is 134 Å². The maximum atomic E-state index is 12.2. The van der Waals surface area contributed by atoms with Gasteiger partial charge in [-0.2, -0.15) is 5.10 Å². The third-order valence-corrected chi connectivity index (χ3v) is 4.71. The van der Waals surface area contributed by atoms with E-state index in [1.54, 1.807) is 11.3 Å². The zero-order chi connectivity index (χ0) is 15.5. The summed E-state index contributed by atoms with van der Waals surface area (Å²) >= 11 is 1.59. The molecule has 1 atom stereocenters. The summed E-state index contributed by atoms with van der Waals surface area (Å²) < 4.78 is 1.96. The lowest BCUT2D eigenvalue weighted by Crippen LogP contribution is -2.35. The van der Waals surface area contributed by atoms with E-state index in [4.69, 9.17) is 0 Å². The second-order valence-corrected chi connectivity index (χ2v) is 7.12. The van der Waals surface area contributed by atoms with E-state index < -0.39 is 0 Å². The molecule has 0 spiro atoms. The average Bonchev–Trinajstić information content (AvgIpc) is 3.18. The lowest BCUT2D eigenvalue weighted by Gasteiger charge is -2.09. The summed E-state index contributed by atoms with van der Waals surface area (Å²) in [4.78, 5) is 13.3. The lowest BCUT2D eigenvalue weighted by molar-refractivity contribution is 0.0940. The van der Waals surface area contributed by atoms with Gasteiger partial charge in [-0.1, -0.05) is 13.8 Å². The second-order valence-electron chi connectivity index (χ2n) is 6.21. The van der Waals surface area contributed by atoms with Crippen molar-refractivity contribution in [3.63, 3.8) is 0 Å². The van der Waals surface area contributed by atoms with Crippen LogP contribution in [0.2, 0.25) is 0 Å². The van der Waals surface area contributed by atoms with Crippen molar-refractivity contribution in [3.05, 3.63) is 29.4 Å². The minimum absolute atomic E-state index is 0.0192. The molecule has 6 heteroatoms. The minimum atomic E-state index is 0.0192. The number of rotatable bonds is 5. The van der Waals surface area contributed by atoms with Crippen molar-refractivity contribution in [2.45, 2.75) is 32.9 Å². The van der Waals surface area contributed by atoms with Crippen LogP contribution in [0, 0.1) is 5.92 Å². The zero-order valence-electron chi connectivity index (χ0n) is 13.0. The largest absolute Gasteiger partial charge is 0.348 e. The Balaban J connectivity index is 1.67. The molecule has 0 saturated carbocycles. The molecule has 2 aromatic rings. The molecule has 2 N–H and O–H groups in total. The zero-order valence-corrected chi connectivity index (χ0v) is 13.8. The van der Waals surface area contributed by atoms with Gasteiger partial charge in [-0.3, -0.25) is 9.48 Å². The van der Waals surface area contributed by atoms with Crippen molar-refractivity contribution in [2.24, 2.45) is 5.92 Å². The van der Waals surface area contributed by atoms with Gasteiger partial charge in [0.1, 0.15) is 0 Å². The van der Waals surface area contributed by atoms with Crippen molar-refractivity contribution in [1.82, 2.24) is 20.4 Å². The molecular weight excluding hydrogens is 296 g/mol. The Bertz CT molecular complexity index is 640. The Hall–Kier alpha value is -1.66. The van der Waals surface area contributed by atoms with Gasteiger partial charge in [0, 0.05) is 41.1 Å². The number of hydrogen-bond acceptors (Lipinski definition) is 4. The van der Waals surface area contributed by atoms with Crippen molar-refractivity contribution in [2.75, 3.05) is 13.1 Å². The van der Waals surface area contributed by atoms with Gasteiger partial charge >= 0.3 is 0 Å². The molecule has 0 aliphatic carbocycles. The molecule has 2 aromatic heterocycles. The molecule has 0 radical (unpaired) electrons. The standard InChI is InChI=1S/C16H22N4OS/c1-11(2)8-20-9-13(6-18-20)15-5-12(10-22-15)16(21)19-14-3-4-17-7-14/h5-6,9-11,14,17H,3-4,7-8H2,1-2H3,(H,19,21). The highest BCUT2D eigenvalue weighted by molar-refractivity contribution is 7.13. The summed E-state index contributed by atoms with van der Waals surface area (Å²) in [6.07, 6.45) is 4.93. The van der Waals surface area contributed by atoms with Gasteiger partial charge in [0.2, 0.25) is 0 Å². The molecule has 3 rings (SSSR count). The first-order valence-electron chi connectivity index (χ1n) is 7.75. The average molecular weight is 318 g/mol. The highest BCUT2D eigenvalue weighted by Crippen LogP contribution is 2.27. The summed E-state index contributed by atoms with van der Waals surface area (Å²) in [5.41, 5.74) is 1.82. The van der Waals surface area contributed by atoms with Gasteiger partial charge < -0.3 is 10.6 Å². The summed E-state index contributed by atoms with van der Waals surface area (Å²) in [5.74, 6) is 0.586. The molecule has 3 heterocycles. The predicted molar refractivity (Wildman–Crippen MR) is 89.1 cm³/mol. The molecule has 1 unspecified atom stereocenters. The van der Waals surface area contributed by atoms with Crippen molar-refractivity contribution >= 4 is 17.2 Å². The smallest absolute Gasteiger partial charge is 0.252 e. The first-order valence-corrected chi connectivity index (χ1v) is 8.62. The van der Waals surface area contributed by atoms with Crippen LogP contribution in [0.3, 0.4) is 0 Å². The van der Waals surface area contributed by atoms with E-state index in [0.717, 1.165) is 42.1 Å². The SMILES string of the molecule is CC(C)Cn1cc(-c2cc(C(=O)NC3CCNC3)cs2)cn1. The first kappa shape index (κ1) is 15.2. The minimum Gasteiger partial charge on any atom is -0.348 e. The molecule has 1 saturated heterocycles. The number of carbonyl (C=O) groups excluding carboxylic acids is 1. The maximum absolute atomic E-state index is 12.2. The van der Waals surface area contributed by atoms with Crippen LogP contribution in [0.4, 0.5) is 0 Å². The van der Waals surface area contributed by atoms with Crippen LogP contribution in [0.1, 0.15) is 30.6 Å². The van der Waals surface area contributed by atoms with Gasteiger partial charge in [0.05, 0.1) is 11.8 Å². The number of thiophene rings is 1. The van der Waals surface area contributed by atoms with E-state index in [-0.39, 0.29) is 11.9 Å². The number of nitrogens with zero attached hydrogens (tertiary/aromatic N) is 2. The number of carbonyl (C=O) groups is 1. The summed E-state index contributed by atoms with van der Waals surface area (Å²) in [6.45, 7) is 7.10. The molecule has 0 bridgehead atoms. The number of hydrogen-bond donors (Lipinski definition) is 2. The van der Waals surface area contributed by atoms with Crippen LogP contribution in [-0.2, 0) is 6.54 Å². The third-order valence-electron chi connectivity index (χ3n) is 3.73. The Kier molecular flexibility index (Phi) is 4.59. The van der Waals surface area contributed by atoms with Gasteiger partial charge in [-0.15, -0.1) is 11.3 Å². The molecule has 5 nitrogen and oxygen atoms in total. The van der Waals surface area contributed by atoms with Crippen LogP contribution in [0.15, 0.2) is 23.8 Å². The Morgan fingerprint density at radius 2 is 2.45 bits per heavy atom. The fourth-order valence-electron chi connectivity index (χ4n) is 2.62. The van der Waals surface area contributed by atoms with Crippen LogP contribution < -0.4 is 10.6 Å². The Morgan fingerprint density at radius 3 is 3.18 bits per heavy atom. The third kappa shape index (κ3) is 3.56. The topological polar surface area (TPSA) is 59.0 Å². The maximum Gasteiger partial charge on any atom is 0.252 e. The fourth-order valence-corrected chi connectivity index (χ4v) is 3.48. The van der Waals surface area contributed by atoms with Gasteiger partial charge in [-0.25, -0.2) is 0 Å². The van der Waals surface area contributed by atoms with Crippen LogP contribution in [0.25, 0.3) is 10.4 Å². The molecule has 22 heavy (non-hydrogen) atoms. The molecule has 0 aromatic carbocycles. The monoisotopic (exact) mass is 318 g/mol. The van der Waals surface area contributed by atoms with E-state index >= 15 is 0 Å². The molecule has 1 fully saturated rings. The van der Waals surface area contributed by atoms with Crippen molar-refractivity contribution in [3.8, 4) is 10.4 Å². The summed E-state index contributed by atoms with van der Waals surface area (Å²) in [7, 11) is 0. The molecule has 118 valence electrons. The van der Waals surface area contributed by atoms with E-state index in [0.29, 0.717) is 5.92 Å². The normalized spacial score (nSPS) is 18.0. The van der Waals surface area contributed by atoms with E-state index in [2.05, 4.69) is 35.8 Å². The molecule has 1 amide bonds. The van der Waals surface area contributed by atoms with E-state index in [9.17, 15) is 4.79 Å². The summed E-state index contributed by atoms with van der Waals surface area (Å²) in [6, 6.07) is 2.21. The van der Waals surface area contributed by atoms with Crippen LogP contribution in [0.5, 0.6) is 0 Å². The number of aromatic nitrogens is 2. The highest BCUT2D eigenvalue weighted by Gasteiger charge is 2.18. The van der Waals surface area contributed by atoms with E-state index in [1.807, 2.05) is 22.3 Å². The van der Waals surface area contributed by atoms with Crippen LogP contribution >= 0.6 is 11.3 Å². The number of amides is 1. The van der Waals surface area contributed by atoms with E-state index in [1.165, 1.54) is 0 Å². The van der Waals surface area contributed by atoms with Gasteiger partial charge in [0.15, 0.2) is 0 Å².